The number of likely N-dealkylation sites (N-methyl/N-ethyl adjacent to an activating group) is 1. The second kappa shape index (κ2) is 14.6. The van der Waals surface area contributed by atoms with E-state index in [1.165, 1.54) is 6.42 Å². The molecule has 0 atom stereocenters. The Labute approximate surface area is 170 Å². The highest BCUT2D eigenvalue weighted by Crippen LogP contribution is 2.25. The van der Waals surface area contributed by atoms with Crippen LogP contribution >= 0.6 is 24.0 Å². The topological polar surface area (TPSA) is 66.0 Å². The van der Waals surface area contributed by atoms with E-state index in [9.17, 15) is 4.79 Å². The highest BCUT2D eigenvalue weighted by atomic mass is 127. The third-order valence-electron chi connectivity index (χ3n) is 4.62. The Morgan fingerprint density at radius 2 is 1.84 bits per heavy atom. The molecule has 25 heavy (non-hydrogen) atoms. The first kappa shape index (κ1) is 24.4. The summed E-state index contributed by atoms with van der Waals surface area (Å²) in [7, 11) is 1.81. The number of hydrogen-bond acceptors (Lipinski definition) is 4. The van der Waals surface area contributed by atoms with Crippen molar-refractivity contribution in [2.24, 2.45) is 10.9 Å². The first-order valence-electron chi connectivity index (χ1n) is 9.50. The molecule has 1 saturated carbocycles. The third-order valence-corrected chi connectivity index (χ3v) is 4.62. The van der Waals surface area contributed by atoms with Crippen molar-refractivity contribution < 1.29 is 9.53 Å². The van der Waals surface area contributed by atoms with Crippen LogP contribution in [0.5, 0.6) is 0 Å². The van der Waals surface area contributed by atoms with Crippen LogP contribution in [0.25, 0.3) is 0 Å². The van der Waals surface area contributed by atoms with Crippen LogP contribution in [-0.2, 0) is 9.53 Å². The molecule has 7 heteroatoms. The Kier molecular flexibility index (Phi) is 14.3. The van der Waals surface area contributed by atoms with Gasteiger partial charge in [0, 0.05) is 26.2 Å². The fraction of sp³-hybridized carbons (Fsp3) is 0.889. The second-order valence-electron chi connectivity index (χ2n) is 6.38. The van der Waals surface area contributed by atoms with Gasteiger partial charge >= 0.3 is 5.97 Å². The van der Waals surface area contributed by atoms with E-state index in [0.29, 0.717) is 12.6 Å². The first-order valence-corrected chi connectivity index (χ1v) is 9.50. The number of nitrogens with zero attached hydrogens (tertiary/aromatic N) is 2. The lowest BCUT2D eigenvalue weighted by Gasteiger charge is -2.29. The fourth-order valence-corrected chi connectivity index (χ4v) is 3.20. The first-order chi connectivity index (χ1) is 11.6. The van der Waals surface area contributed by atoms with Gasteiger partial charge in [0.2, 0.25) is 0 Å². The summed E-state index contributed by atoms with van der Waals surface area (Å²) in [5.41, 5.74) is 0. The van der Waals surface area contributed by atoms with Gasteiger partial charge in [0.1, 0.15) is 0 Å². The molecular weight excluding hydrogens is 431 g/mol. The summed E-state index contributed by atoms with van der Waals surface area (Å²) < 4.78 is 5.12. The van der Waals surface area contributed by atoms with Gasteiger partial charge in [0.25, 0.3) is 0 Å². The molecule has 1 fully saturated rings. The van der Waals surface area contributed by atoms with Gasteiger partial charge in [-0.2, -0.15) is 0 Å². The van der Waals surface area contributed by atoms with E-state index in [-0.39, 0.29) is 35.9 Å². The molecule has 148 valence electrons. The van der Waals surface area contributed by atoms with Crippen molar-refractivity contribution in [3.05, 3.63) is 0 Å². The summed E-state index contributed by atoms with van der Waals surface area (Å²) in [5, 5.41) is 6.89. The highest BCUT2D eigenvalue weighted by Gasteiger charge is 2.27. The number of nitrogens with one attached hydrogen (secondary N) is 2. The Morgan fingerprint density at radius 1 is 1.16 bits per heavy atom. The van der Waals surface area contributed by atoms with Crippen molar-refractivity contribution >= 4 is 35.9 Å². The maximum absolute atomic E-state index is 11.8. The third kappa shape index (κ3) is 9.63. The van der Waals surface area contributed by atoms with Crippen LogP contribution < -0.4 is 10.6 Å². The monoisotopic (exact) mass is 468 g/mol. The standard InChI is InChI=1S/C18H36N4O2.HI/c1-5-13-22(6-2)14-12-20-18(19-4)21-16-10-8-15(9-11-16)17(23)24-7-3;/h15-16H,5-14H2,1-4H3,(H2,19,20,21);1H. The molecule has 0 aromatic heterocycles. The van der Waals surface area contributed by atoms with Gasteiger partial charge in [-0.25, -0.2) is 0 Å². The molecule has 1 rings (SSSR count). The van der Waals surface area contributed by atoms with E-state index in [0.717, 1.165) is 57.8 Å². The quantitative estimate of drug-likeness (QED) is 0.236. The van der Waals surface area contributed by atoms with Gasteiger partial charge in [-0.3, -0.25) is 9.79 Å². The van der Waals surface area contributed by atoms with E-state index < -0.39 is 0 Å². The Bertz CT molecular complexity index is 385. The molecule has 0 radical (unpaired) electrons. The van der Waals surface area contributed by atoms with Gasteiger partial charge in [-0.15, -0.1) is 24.0 Å². The van der Waals surface area contributed by atoms with Crippen molar-refractivity contribution in [3.63, 3.8) is 0 Å². The summed E-state index contributed by atoms with van der Waals surface area (Å²) in [6.45, 7) is 10.9. The minimum Gasteiger partial charge on any atom is -0.466 e. The lowest BCUT2D eigenvalue weighted by molar-refractivity contribution is -0.149. The summed E-state index contributed by atoms with van der Waals surface area (Å²) in [6, 6.07) is 0.389. The number of guanidine groups is 1. The molecule has 0 aliphatic heterocycles. The molecular formula is C18H37IN4O2. The number of aliphatic imine (C=N–C) groups is 1. The number of carbonyl (C=O) groups excluding carboxylic acids is 1. The number of ether oxygens (including phenoxy) is 1. The minimum atomic E-state index is -0.0333. The lowest BCUT2D eigenvalue weighted by atomic mass is 9.86. The van der Waals surface area contributed by atoms with Gasteiger partial charge in [-0.05, 0) is 52.1 Å². The molecule has 0 unspecified atom stereocenters. The molecule has 0 bridgehead atoms. The minimum absolute atomic E-state index is 0. The molecule has 6 nitrogen and oxygen atoms in total. The van der Waals surface area contributed by atoms with Crippen LogP contribution in [0.3, 0.4) is 0 Å². The van der Waals surface area contributed by atoms with E-state index in [2.05, 4.69) is 34.4 Å². The van der Waals surface area contributed by atoms with Crippen LogP contribution in [0.2, 0.25) is 0 Å². The summed E-state index contributed by atoms with van der Waals surface area (Å²) in [5.74, 6) is 0.904. The second-order valence-corrected chi connectivity index (χ2v) is 6.38. The average molecular weight is 468 g/mol. The van der Waals surface area contributed by atoms with Crippen molar-refractivity contribution in [3.8, 4) is 0 Å². The number of esters is 1. The number of halogens is 1. The molecule has 1 aliphatic carbocycles. The SMILES string of the molecule is CCCN(CC)CCNC(=NC)NC1CCC(C(=O)OCC)CC1.I. The largest absolute Gasteiger partial charge is 0.466 e. The van der Waals surface area contributed by atoms with E-state index in [1.807, 2.05) is 14.0 Å². The van der Waals surface area contributed by atoms with Crippen LogP contribution in [-0.4, -0.2) is 62.7 Å². The van der Waals surface area contributed by atoms with Crippen LogP contribution in [0.15, 0.2) is 4.99 Å². The van der Waals surface area contributed by atoms with Crippen molar-refractivity contribution in [1.29, 1.82) is 0 Å². The summed E-state index contributed by atoms with van der Waals surface area (Å²) in [6.07, 6.45) is 4.95. The van der Waals surface area contributed by atoms with Crippen molar-refractivity contribution in [1.82, 2.24) is 15.5 Å². The molecule has 2 N–H and O–H groups in total. The maximum atomic E-state index is 11.8. The Hall–Kier alpha value is -0.570. The molecule has 0 aromatic carbocycles. The van der Waals surface area contributed by atoms with E-state index >= 15 is 0 Å². The smallest absolute Gasteiger partial charge is 0.308 e. The van der Waals surface area contributed by atoms with Gasteiger partial charge in [0.05, 0.1) is 12.5 Å². The molecule has 0 aromatic rings. The zero-order valence-corrected chi connectivity index (χ0v) is 18.7. The highest BCUT2D eigenvalue weighted by molar-refractivity contribution is 14.0. The zero-order chi connectivity index (χ0) is 17.8. The van der Waals surface area contributed by atoms with E-state index in [4.69, 9.17) is 4.74 Å². The van der Waals surface area contributed by atoms with Gasteiger partial charge in [0.15, 0.2) is 5.96 Å². The summed E-state index contributed by atoms with van der Waals surface area (Å²) >= 11 is 0. The van der Waals surface area contributed by atoms with Crippen molar-refractivity contribution in [2.75, 3.05) is 39.8 Å². The Balaban J connectivity index is 0.00000576. The molecule has 0 amide bonds. The van der Waals surface area contributed by atoms with E-state index in [1.54, 1.807) is 0 Å². The van der Waals surface area contributed by atoms with Crippen LogP contribution in [0.1, 0.15) is 52.9 Å². The number of hydrogen-bond donors (Lipinski definition) is 2. The molecule has 0 saturated heterocycles. The number of rotatable bonds is 9. The fourth-order valence-electron chi connectivity index (χ4n) is 3.20. The molecule has 1 aliphatic rings. The lowest BCUT2D eigenvalue weighted by Crippen LogP contribution is -2.47. The van der Waals surface area contributed by atoms with Crippen LogP contribution in [0.4, 0.5) is 0 Å². The predicted molar refractivity (Wildman–Crippen MR) is 115 cm³/mol. The average Bonchev–Trinajstić information content (AvgIpc) is 2.60. The maximum Gasteiger partial charge on any atom is 0.308 e. The normalized spacial score (nSPS) is 20.8. The Morgan fingerprint density at radius 3 is 2.36 bits per heavy atom. The zero-order valence-electron chi connectivity index (χ0n) is 16.3. The van der Waals surface area contributed by atoms with Gasteiger partial charge < -0.3 is 20.3 Å². The van der Waals surface area contributed by atoms with Gasteiger partial charge in [-0.1, -0.05) is 13.8 Å². The molecule has 0 heterocycles. The molecule has 0 spiro atoms. The van der Waals surface area contributed by atoms with Crippen molar-refractivity contribution in [2.45, 2.75) is 58.9 Å². The predicted octanol–water partition coefficient (Wildman–Crippen LogP) is 2.62. The summed E-state index contributed by atoms with van der Waals surface area (Å²) in [4.78, 5) is 18.5. The number of carbonyl (C=O) groups is 1. The van der Waals surface area contributed by atoms with Crippen LogP contribution in [0, 0.1) is 5.92 Å².